The number of benzene rings is 1. The number of aromatic amines is 1. The second-order valence-electron chi connectivity index (χ2n) is 3.43. The highest BCUT2D eigenvalue weighted by atomic mass is 16.3. The van der Waals surface area contributed by atoms with Gasteiger partial charge in [-0.15, -0.1) is 0 Å². The van der Waals surface area contributed by atoms with Gasteiger partial charge in [0.15, 0.2) is 0 Å². The molecule has 4 nitrogen and oxygen atoms in total. The molecule has 2 aromatic rings. The molecule has 0 saturated heterocycles. The van der Waals surface area contributed by atoms with Crippen molar-refractivity contribution < 1.29 is 9.90 Å². The summed E-state index contributed by atoms with van der Waals surface area (Å²) in [6.07, 6.45) is 0. The highest BCUT2D eigenvalue weighted by Gasteiger charge is 2.05. The number of aliphatic hydroxyl groups is 1. The Hall–Kier alpha value is -1.81. The molecule has 0 bridgehead atoms. The minimum atomic E-state index is -0.500. The predicted octanol–water partition coefficient (Wildman–Crippen LogP) is 1.41. The zero-order chi connectivity index (χ0) is 10.8. The molecule has 0 aliphatic rings. The van der Waals surface area contributed by atoms with Crippen molar-refractivity contribution in [3.63, 3.8) is 0 Å². The molecule has 1 heterocycles. The number of nitrogens with one attached hydrogen (secondary N) is 2. The number of hydrogen-bond donors (Lipinski definition) is 3. The third-order valence-electron chi connectivity index (χ3n) is 2.22. The first-order valence-corrected chi connectivity index (χ1v) is 4.70. The van der Waals surface area contributed by atoms with Gasteiger partial charge in [0.2, 0.25) is 5.91 Å². The van der Waals surface area contributed by atoms with Gasteiger partial charge in [-0.2, -0.15) is 0 Å². The van der Waals surface area contributed by atoms with Crippen LogP contribution in [0.15, 0.2) is 24.3 Å². The van der Waals surface area contributed by atoms with E-state index in [1.165, 1.54) is 0 Å². The van der Waals surface area contributed by atoms with Gasteiger partial charge in [-0.3, -0.25) is 4.79 Å². The maximum atomic E-state index is 11.1. The smallest absolute Gasteiger partial charge is 0.250 e. The summed E-state index contributed by atoms with van der Waals surface area (Å²) in [5, 5.41) is 12.2. The Kier molecular flexibility index (Phi) is 2.43. The van der Waals surface area contributed by atoms with E-state index in [9.17, 15) is 4.79 Å². The Balaban J connectivity index is 2.46. The monoisotopic (exact) mass is 204 g/mol. The molecule has 0 aliphatic carbocycles. The summed E-state index contributed by atoms with van der Waals surface area (Å²) in [4.78, 5) is 14.2. The van der Waals surface area contributed by atoms with E-state index in [2.05, 4.69) is 10.3 Å². The molecule has 0 unspecified atom stereocenters. The summed E-state index contributed by atoms with van der Waals surface area (Å²) in [6, 6.07) is 7.56. The number of H-pyrrole nitrogens is 1. The third kappa shape index (κ3) is 1.85. The second kappa shape index (κ2) is 3.74. The van der Waals surface area contributed by atoms with Gasteiger partial charge in [0.05, 0.1) is 5.69 Å². The zero-order valence-electron chi connectivity index (χ0n) is 8.37. The number of hydrogen-bond acceptors (Lipinski definition) is 2. The van der Waals surface area contributed by atoms with E-state index in [4.69, 9.17) is 5.11 Å². The molecule has 1 aromatic carbocycles. The molecule has 3 N–H and O–H groups in total. The van der Waals surface area contributed by atoms with Crippen LogP contribution in [0.4, 0.5) is 5.69 Å². The number of aliphatic hydroxyl groups excluding tert-OH is 1. The number of amides is 1. The molecule has 0 saturated carbocycles. The number of rotatable bonds is 2. The van der Waals surface area contributed by atoms with Crippen molar-refractivity contribution in [2.75, 3.05) is 11.9 Å². The Morgan fingerprint density at radius 3 is 3.07 bits per heavy atom. The van der Waals surface area contributed by atoms with Crippen LogP contribution in [0.2, 0.25) is 0 Å². The lowest BCUT2D eigenvalue weighted by atomic mass is 10.2. The van der Waals surface area contributed by atoms with Crippen LogP contribution in [0.5, 0.6) is 0 Å². The fraction of sp³-hybridized carbons (Fsp3) is 0.182. The number of anilines is 1. The quantitative estimate of drug-likeness (QED) is 0.692. The van der Waals surface area contributed by atoms with Gasteiger partial charge in [-0.25, -0.2) is 0 Å². The van der Waals surface area contributed by atoms with Gasteiger partial charge in [0.1, 0.15) is 6.61 Å². The molecule has 4 heteroatoms. The molecule has 0 aliphatic heterocycles. The molecular formula is C11H12N2O2. The minimum Gasteiger partial charge on any atom is -0.387 e. The maximum Gasteiger partial charge on any atom is 0.250 e. The summed E-state index contributed by atoms with van der Waals surface area (Å²) in [5.74, 6) is -0.402. The van der Waals surface area contributed by atoms with Crippen LogP contribution < -0.4 is 5.32 Å². The van der Waals surface area contributed by atoms with Crippen molar-refractivity contribution >= 4 is 22.5 Å². The van der Waals surface area contributed by atoms with E-state index in [1.807, 2.05) is 31.2 Å². The average Bonchev–Trinajstić information content (AvgIpc) is 2.59. The zero-order valence-corrected chi connectivity index (χ0v) is 8.37. The van der Waals surface area contributed by atoms with Crippen LogP contribution >= 0.6 is 0 Å². The molecule has 0 atom stereocenters. The van der Waals surface area contributed by atoms with Crippen LogP contribution in [-0.4, -0.2) is 22.6 Å². The third-order valence-corrected chi connectivity index (χ3v) is 2.22. The van der Waals surface area contributed by atoms with E-state index in [1.54, 1.807) is 0 Å². The average molecular weight is 204 g/mol. The van der Waals surface area contributed by atoms with Crippen LogP contribution in [0.1, 0.15) is 5.69 Å². The lowest BCUT2D eigenvalue weighted by Gasteiger charge is -2.03. The number of aryl methyl sites for hydroxylation is 1. The van der Waals surface area contributed by atoms with Crippen molar-refractivity contribution in [1.82, 2.24) is 4.98 Å². The van der Waals surface area contributed by atoms with Crippen molar-refractivity contribution in [3.8, 4) is 0 Å². The first-order valence-electron chi connectivity index (χ1n) is 4.70. The van der Waals surface area contributed by atoms with Gasteiger partial charge in [0.25, 0.3) is 0 Å². The first kappa shape index (κ1) is 9.73. The predicted molar refractivity (Wildman–Crippen MR) is 58.8 cm³/mol. The van der Waals surface area contributed by atoms with E-state index in [0.717, 1.165) is 22.3 Å². The van der Waals surface area contributed by atoms with Gasteiger partial charge in [0, 0.05) is 16.6 Å². The molecule has 15 heavy (non-hydrogen) atoms. The first-order chi connectivity index (χ1) is 7.20. The second-order valence-corrected chi connectivity index (χ2v) is 3.43. The summed E-state index contributed by atoms with van der Waals surface area (Å²) in [7, 11) is 0. The largest absolute Gasteiger partial charge is 0.387 e. The maximum absolute atomic E-state index is 11.1. The lowest BCUT2D eigenvalue weighted by molar-refractivity contribution is -0.118. The van der Waals surface area contributed by atoms with Crippen molar-refractivity contribution in [3.05, 3.63) is 30.0 Å². The van der Waals surface area contributed by atoms with E-state index >= 15 is 0 Å². The molecular weight excluding hydrogens is 192 g/mol. The number of fused-ring (bicyclic) bond motifs is 1. The highest BCUT2D eigenvalue weighted by Crippen LogP contribution is 2.23. The molecule has 2 rings (SSSR count). The molecule has 0 spiro atoms. The van der Waals surface area contributed by atoms with E-state index in [0.29, 0.717) is 0 Å². The van der Waals surface area contributed by atoms with Crippen molar-refractivity contribution in [2.45, 2.75) is 6.92 Å². The molecule has 1 amide bonds. The number of carbonyl (C=O) groups excluding carboxylic acids is 1. The normalized spacial score (nSPS) is 10.5. The highest BCUT2D eigenvalue weighted by molar-refractivity contribution is 6.01. The summed E-state index contributed by atoms with van der Waals surface area (Å²) in [5.41, 5.74) is 2.73. The molecule has 0 radical (unpaired) electrons. The minimum absolute atomic E-state index is 0.402. The molecule has 1 aromatic heterocycles. The summed E-state index contributed by atoms with van der Waals surface area (Å²) < 4.78 is 0. The Morgan fingerprint density at radius 2 is 2.33 bits per heavy atom. The fourth-order valence-corrected chi connectivity index (χ4v) is 1.59. The van der Waals surface area contributed by atoms with E-state index in [-0.39, 0.29) is 0 Å². The van der Waals surface area contributed by atoms with Gasteiger partial charge in [-0.05, 0) is 25.1 Å². The van der Waals surface area contributed by atoms with Gasteiger partial charge >= 0.3 is 0 Å². The SMILES string of the molecule is Cc1cc2c(NC(=O)CO)cccc2[nH]1. The summed E-state index contributed by atoms with van der Waals surface area (Å²) in [6.45, 7) is 1.46. The van der Waals surface area contributed by atoms with Crippen LogP contribution in [0.3, 0.4) is 0 Å². The van der Waals surface area contributed by atoms with Crippen LogP contribution in [0, 0.1) is 6.92 Å². The topological polar surface area (TPSA) is 65.1 Å². The number of aromatic nitrogens is 1. The van der Waals surface area contributed by atoms with Crippen molar-refractivity contribution in [2.24, 2.45) is 0 Å². The van der Waals surface area contributed by atoms with E-state index < -0.39 is 12.5 Å². The van der Waals surface area contributed by atoms with Crippen LogP contribution in [0.25, 0.3) is 10.9 Å². The lowest BCUT2D eigenvalue weighted by Crippen LogP contribution is -2.15. The Morgan fingerprint density at radius 1 is 1.53 bits per heavy atom. The van der Waals surface area contributed by atoms with Gasteiger partial charge in [-0.1, -0.05) is 6.07 Å². The number of carbonyl (C=O) groups is 1. The van der Waals surface area contributed by atoms with Crippen LogP contribution in [-0.2, 0) is 4.79 Å². The summed E-state index contributed by atoms with van der Waals surface area (Å²) >= 11 is 0. The van der Waals surface area contributed by atoms with Crippen molar-refractivity contribution in [1.29, 1.82) is 0 Å². The fourth-order valence-electron chi connectivity index (χ4n) is 1.59. The Bertz CT molecular complexity index is 502. The Labute approximate surface area is 86.9 Å². The molecule has 0 fully saturated rings. The standard InChI is InChI=1S/C11H12N2O2/c1-7-5-8-9(12-7)3-2-4-10(8)13-11(15)6-14/h2-5,12,14H,6H2,1H3,(H,13,15). The van der Waals surface area contributed by atoms with Gasteiger partial charge < -0.3 is 15.4 Å². The molecule has 78 valence electrons.